The van der Waals surface area contributed by atoms with E-state index in [9.17, 15) is 9.59 Å². The molecule has 1 N–H and O–H groups in total. The first kappa shape index (κ1) is 21.2. The summed E-state index contributed by atoms with van der Waals surface area (Å²) in [5.41, 5.74) is 1.86. The topological polar surface area (TPSA) is 86.8 Å². The van der Waals surface area contributed by atoms with Gasteiger partial charge in [-0.1, -0.05) is 23.9 Å². The maximum Gasteiger partial charge on any atom is 0.231 e. The van der Waals surface area contributed by atoms with Gasteiger partial charge in [0.1, 0.15) is 5.75 Å². The van der Waals surface area contributed by atoms with Crippen molar-refractivity contribution in [1.82, 2.24) is 4.98 Å². The normalized spacial score (nSPS) is 11.9. The van der Waals surface area contributed by atoms with E-state index in [-0.39, 0.29) is 30.7 Å². The molecule has 0 saturated carbocycles. The molecular weight excluding hydrogens is 436 g/mol. The molecule has 31 heavy (non-hydrogen) atoms. The molecule has 3 aromatic rings. The van der Waals surface area contributed by atoms with Crippen molar-refractivity contribution in [1.29, 1.82) is 0 Å². The molecule has 7 nitrogen and oxygen atoms in total. The Morgan fingerprint density at radius 2 is 2.03 bits per heavy atom. The lowest BCUT2D eigenvalue weighted by molar-refractivity contribution is -0.115. The molecule has 160 valence electrons. The molecule has 1 aromatic heterocycles. The van der Waals surface area contributed by atoms with E-state index < -0.39 is 0 Å². The van der Waals surface area contributed by atoms with Gasteiger partial charge in [0.25, 0.3) is 0 Å². The number of ketones is 1. The Labute approximate surface area is 187 Å². The lowest BCUT2D eigenvalue weighted by atomic mass is 10.1. The lowest BCUT2D eigenvalue weighted by Crippen LogP contribution is -2.15. The van der Waals surface area contributed by atoms with Crippen molar-refractivity contribution in [2.24, 2.45) is 0 Å². The van der Waals surface area contributed by atoms with Gasteiger partial charge in [-0.05, 0) is 37.3 Å². The Balaban J connectivity index is 1.30. The molecule has 9 heteroatoms. The number of nitrogens with zero attached hydrogens (tertiary/aromatic N) is 1. The maximum absolute atomic E-state index is 12.5. The highest BCUT2D eigenvalue weighted by atomic mass is 32.2. The molecule has 1 aliphatic heterocycles. The molecule has 0 radical (unpaired) electrons. The quantitative estimate of drug-likeness (QED) is 0.377. The van der Waals surface area contributed by atoms with E-state index in [2.05, 4.69) is 10.3 Å². The summed E-state index contributed by atoms with van der Waals surface area (Å²) in [6.45, 7) is 2.59. The second kappa shape index (κ2) is 9.84. The van der Waals surface area contributed by atoms with E-state index in [0.717, 1.165) is 4.34 Å². The number of ether oxygens (including phenoxy) is 3. The van der Waals surface area contributed by atoms with Gasteiger partial charge in [-0.15, -0.1) is 11.3 Å². The number of nitrogens with one attached hydrogen (secondary N) is 1. The van der Waals surface area contributed by atoms with Gasteiger partial charge < -0.3 is 19.5 Å². The number of benzene rings is 2. The van der Waals surface area contributed by atoms with E-state index in [1.54, 1.807) is 24.3 Å². The van der Waals surface area contributed by atoms with Gasteiger partial charge in [0.15, 0.2) is 21.6 Å². The van der Waals surface area contributed by atoms with Crippen molar-refractivity contribution in [3.63, 3.8) is 0 Å². The minimum absolute atomic E-state index is 0.0228. The van der Waals surface area contributed by atoms with Crippen molar-refractivity contribution >= 4 is 40.5 Å². The third-order valence-electron chi connectivity index (χ3n) is 4.35. The van der Waals surface area contributed by atoms with E-state index in [4.69, 9.17) is 14.2 Å². The number of carbonyl (C=O) groups is 2. The van der Waals surface area contributed by atoms with Crippen molar-refractivity contribution in [3.8, 4) is 17.2 Å². The Morgan fingerprint density at radius 3 is 2.90 bits per heavy atom. The summed E-state index contributed by atoms with van der Waals surface area (Å²) in [6.07, 6.45) is 0.146. The summed E-state index contributed by atoms with van der Waals surface area (Å²) in [7, 11) is 0. The van der Waals surface area contributed by atoms with E-state index in [1.807, 2.05) is 30.5 Å². The maximum atomic E-state index is 12.5. The summed E-state index contributed by atoms with van der Waals surface area (Å²) in [5, 5.41) is 4.70. The third-order valence-corrected chi connectivity index (χ3v) is 6.42. The average molecular weight is 457 g/mol. The number of hydrogen-bond donors (Lipinski definition) is 1. The number of thioether (sulfide) groups is 1. The van der Waals surface area contributed by atoms with Crippen LogP contribution in [0.15, 0.2) is 52.2 Å². The summed E-state index contributed by atoms with van der Waals surface area (Å²) in [6, 6.07) is 12.5. The molecule has 0 saturated heterocycles. The highest BCUT2D eigenvalue weighted by Gasteiger charge is 2.17. The van der Waals surface area contributed by atoms with Gasteiger partial charge >= 0.3 is 0 Å². The minimum Gasteiger partial charge on any atom is -0.492 e. The molecular formula is C22H20N2O5S2. The minimum atomic E-state index is -0.176. The van der Waals surface area contributed by atoms with Crippen LogP contribution in [0.1, 0.15) is 23.0 Å². The fourth-order valence-electron chi connectivity index (χ4n) is 2.93. The smallest absolute Gasteiger partial charge is 0.231 e. The predicted octanol–water partition coefficient (Wildman–Crippen LogP) is 4.43. The Bertz CT molecular complexity index is 1100. The molecule has 0 bridgehead atoms. The number of fused-ring (bicyclic) bond motifs is 1. The second-order valence-electron chi connectivity index (χ2n) is 6.54. The zero-order valence-corrected chi connectivity index (χ0v) is 18.4. The van der Waals surface area contributed by atoms with Crippen LogP contribution in [0.5, 0.6) is 17.2 Å². The van der Waals surface area contributed by atoms with Crippen LogP contribution in [-0.4, -0.2) is 35.8 Å². The van der Waals surface area contributed by atoms with Crippen molar-refractivity contribution < 1.29 is 23.8 Å². The first-order valence-corrected chi connectivity index (χ1v) is 11.5. The summed E-state index contributed by atoms with van der Waals surface area (Å²) >= 11 is 2.77. The second-order valence-corrected chi connectivity index (χ2v) is 8.62. The number of anilines is 1. The Morgan fingerprint density at radius 1 is 1.19 bits per heavy atom. The summed E-state index contributed by atoms with van der Waals surface area (Å²) < 4.78 is 16.9. The molecule has 1 amide bonds. The highest BCUT2D eigenvalue weighted by molar-refractivity contribution is 8.01. The molecule has 0 fully saturated rings. The largest absolute Gasteiger partial charge is 0.492 e. The molecule has 2 heterocycles. The van der Waals surface area contributed by atoms with E-state index in [1.165, 1.54) is 23.1 Å². The van der Waals surface area contributed by atoms with Gasteiger partial charge in [-0.25, -0.2) is 4.98 Å². The number of thiazole rings is 1. The van der Waals surface area contributed by atoms with Crippen LogP contribution in [0, 0.1) is 0 Å². The zero-order chi connectivity index (χ0) is 21.6. The summed E-state index contributed by atoms with van der Waals surface area (Å²) in [4.78, 5) is 29.3. The SMILES string of the molecule is CCOc1ccccc1NC(=O)Cc1csc(SCC(=O)c2ccc3c(c2)OCO3)n1. The number of aromatic nitrogens is 1. The molecule has 0 unspecified atom stereocenters. The fraction of sp³-hybridized carbons (Fsp3) is 0.227. The third kappa shape index (κ3) is 5.36. The molecule has 0 atom stereocenters. The molecule has 1 aliphatic rings. The fourth-order valence-corrected chi connectivity index (χ4v) is 4.67. The average Bonchev–Trinajstić information content (AvgIpc) is 3.42. The number of para-hydroxylation sites is 2. The number of hydrogen-bond acceptors (Lipinski definition) is 8. The molecule has 0 spiro atoms. The predicted molar refractivity (Wildman–Crippen MR) is 120 cm³/mol. The molecule has 2 aromatic carbocycles. The van der Waals surface area contributed by atoms with Crippen LogP contribution in [0.4, 0.5) is 5.69 Å². The van der Waals surface area contributed by atoms with Crippen LogP contribution in [0.2, 0.25) is 0 Å². The Kier molecular flexibility index (Phi) is 6.73. The van der Waals surface area contributed by atoms with Gasteiger partial charge in [0.05, 0.1) is 30.2 Å². The van der Waals surface area contributed by atoms with Crippen LogP contribution >= 0.6 is 23.1 Å². The molecule has 0 aliphatic carbocycles. The van der Waals surface area contributed by atoms with Crippen LogP contribution in [-0.2, 0) is 11.2 Å². The van der Waals surface area contributed by atoms with Crippen LogP contribution in [0.3, 0.4) is 0 Å². The van der Waals surface area contributed by atoms with E-state index >= 15 is 0 Å². The van der Waals surface area contributed by atoms with E-state index in [0.29, 0.717) is 40.8 Å². The van der Waals surface area contributed by atoms with Gasteiger partial charge in [0.2, 0.25) is 12.7 Å². The lowest BCUT2D eigenvalue weighted by Gasteiger charge is -2.10. The first-order chi connectivity index (χ1) is 15.1. The molecule has 4 rings (SSSR count). The highest BCUT2D eigenvalue weighted by Crippen LogP contribution is 2.33. The van der Waals surface area contributed by atoms with Crippen molar-refractivity contribution in [2.75, 3.05) is 24.5 Å². The first-order valence-electron chi connectivity index (χ1n) is 9.64. The van der Waals surface area contributed by atoms with Crippen LogP contribution < -0.4 is 19.5 Å². The van der Waals surface area contributed by atoms with Crippen molar-refractivity contribution in [3.05, 3.63) is 59.1 Å². The number of rotatable bonds is 9. The van der Waals surface area contributed by atoms with Gasteiger partial charge in [-0.3, -0.25) is 9.59 Å². The zero-order valence-electron chi connectivity index (χ0n) is 16.8. The monoisotopic (exact) mass is 456 g/mol. The van der Waals surface area contributed by atoms with Gasteiger partial charge in [0, 0.05) is 10.9 Å². The Hall–Kier alpha value is -3.04. The van der Waals surface area contributed by atoms with Crippen LogP contribution in [0.25, 0.3) is 0 Å². The number of carbonyl (C=O) groups excluding carboxylic acids is 2. The number of Topliss-reactive ketones (excluding diaryl/α,β-unsaturated/α-hetero) is 1. The van der Waals surface area contributed by atoms with Crippen molar-refractivity contribution in [2.45, 2.75) is 17.7 Å². The number of amides is 1. The summed E-state index contributed by atoms with van der Waals surface area (Å²) in [5.74, 6) is 1.92. The van der Waals surface area contributed by atoms with Gasteiger partial charge in [-0.2, -0.15) is 0 Å². The standard InChI is InChI=1S/C22H20N2O5S2/c1-2-27-18-6-4-3-5-16(18)24-21(26)10-15-11-30-22(23-15)31-12-17(25)14-7-8-19-20(9-14)29-13-28-19/h3-9,11H,2,10,12-13H2,1H3,(H,24,26).